The highest BCUT2D eigenvalue weighted by Gasteiger charge is 1.96. The van der Waals surface area contributed by atoms with E-state index >= 15 is 0 Å². The molecular weight excluding hydrogens is 120 g/mol. The maximum Gasteiger partial charge on any atom is -0.0250 e. The Kier molecular flexibility index (Phi) is 3.78. The molecule has 0 radical (unpaired) electrons. The van der Waals surface area contributed by atoms with Crippen LogP contribution in [0.25, 0.3) is 0 Å². The van der Waals surface area contributed by atoms with E-state index in [0.717, 1.165) is 5.57 Å². The Morgan fingerprint density at radius 3 is 1.70 bits per heavy atom. The molecule has 0 aliphatic heterocycles. The first-order valence-electron chi connectivity index (χ1n) is 3.59. The van der Waals surface area contributed by atoms with Crippen molar-refractivity contribution in [3.05, 3.63) is 35.5 Å². The van der Waals surface area contributed by atoms with Crippen molar-refractivity contribution in [3.8, 4) is 0 Å². The fourth-order valence-corrected chi connectivity index (χ4v) is 0.966. The van der Waals surface area contributed by atoms with Crippen molar-refractivity contribution in [3.63, 3.8) is 0 Å². The highest BCUT2D eigenvalue weighted by molar-refractivity contribution is 5.42. The predicted octanol–water partition coefficient (Wildman–Crippen LogP) is 3.48. The van der Waals surface area contributed by atoms with Gasteiger partial charge in [-0.1, -0.05) is 24.3 Å². The van der Waals surface area contributed by atoms with Crippen LogP contribution in [0, 0.1) is 0 Å². The van der Waals surface area contributed by atoms with Crippen molar-refractivity contribution in [2.45, 2.75) is 27.7 Å². The lowest BCUT2D eigenvalue weighted by Gasteiger charge is -2.04. The maximum atomic E-state index is 3.89. The zero-order chi connectivity index (χ0) is 8.15. The lowest BCUT2D eigenvalue weighted by atomic mass is 10.0. The number of rotatable bonds is 2. The average Bonchev–Trinajstić information content (AvgIpc) is 1.88. The summed E-state index contributed by atoms with van der Waals surface area (Å²) in [6.45, 7) is 12.1. The first-order valence-corrected chi connectivity index (χ1v) is 3.59. The summed E-state index contributed by atoms with van der Waals surface area (Å²) in [7, 11) is 0. The van der Waals surface area contributed by atoms with Gasteiger partial charge in [-0.15, -0.1) is 0 Å². The second kappa shape index (κ2) is 4.10. The van der Waals surface area contributed by atoms with E-state index < -0.39 is 0 Å². The minimum absolute atomic E-state index is 1.14. The molecule has 0 amide bonds. The molecule has 56 valence electrons. The molecule has 0 N–H and O–H groups in total. The Balaban J connectivity index is 4.56. The zero-order valence-electron chi connectivity index (χ0n) is 7.36. The van der Waals surface area contributed by atoms with Crippen LogP contribution in [0.2, 0.25) is 0 Å². The van der Waals surface area contributed by atoms with E-state index in [-0.39, 0.29) is 0 Å². The van der Waals surface area contributed by atoms with Gasteiger partial charge in [0.15, 0.2) is 0 Å². The summed E-state index contributed by atoms with van der Waals surface area (Å²) < 4.78 is 0. The van der Waals surface area contributed by atoms with E-state index in [0.29, 0.717) is 0 Å². The third-order valence-corrected chi connectivity index (χ3v) is 1.61. The summed E-state index contributed by atoms with van der Waals surface area (Å²) in [4.78, 5) is 0. The van der Waals surface area contributed by atoms with Crippen LogP contribution in [-0.4, -0.2) is 0 Å². The van der Waals surface area contributed by atoms with Gasteiger partial charge < -0.3 is 0 Å². The molecule has 0 rings (SSSR count). The first kappa shape index (κ1) is 9.22. The Morgan fingerprint density at radius 2 is 1.60 bits per heavy atom. The van der Waals surface area contributed by atoms with Gasteiger partial charge in [0.1, 0.15) is 0 Å². The van der Waals surface area contributed by atoms with Gasteiger partial charge in [0, 0.05) is 0 Å². The van der Waals surface area contributed by atoms with Crippen molar-refractivity contribution < 1.29 is 0 Å². The van der Waals surface area contributed by atoms with Gasteiger partial charge in [-0.3, -0.25) is 0 Å². The van der Waals surface area contributed by atoms with Crippen LogP contribution >= 0.6 is 0 Å². The van der Waals surface area contributed by atoms with Crippen LogP contribution in [-0.2, 0) is 0 Å². The Bertz CT molecular complexity index is 180. The fourth-order valence-electron chi connectivity index (χ4n) is 0.966. The zero-order valence-corrected chi connectivity index (χ0v) is 7.36. The second-order valence-electron chi connectivity index (χ2n) is 2.45. The predicted molar refractivity (Wildman–Crippen MR) is 48.0 cm³/mol. The first-order chi connectivity index (χ1) is 4.63. The molecule has 0 atom stereocenters. The van der Waals surface area contributed by atoms with Gasteiger partial charge in [0.2, 0.25) is 0 Å². The Labute approximate surface area is 64.0 Å². The van der Waals surface area contributed by atoms with Crippen LogP contribution in [0.4, 0.5) is 0 Å². The molecule has 0 aromatic heterocycles. The molecule has 0 saturated carbocycles. The molecule has 0 aliphatic rings. The van der Waals surface area contributed by atoms with Crippen molar-refractivity contribution in [1.82, 2.24) is 0 Å². The van der Waals surface area contributed by atoms with Crippen LogP contribution < -0.4 is 0 Å². The Hall–Kier alpha value is -0.780. The molecule has 0 unspecified atom stereocenters. The lowest BCUT2D eigenvalue weighted by molar-refractivity contribution is 1.30. The summed E-state index contributed by atoms with van der Waals surface area (Å²) >= 11 is 0. The van der Waals surface area contributed by atoms with Crippen molar-refractivity contribution >= 4 is 0 Å². The molecule has 0 heteroatoms. The van der Waals surface area contributed by atoms with E-state index in [1.54, 1.807) is 0 Å². The lowest BCUT2D eigenvalue weighted by Crippen LogP contribution is -1.84. The highest BCUT2D eigenvalue weighted by atomic mass is 14.0. The fraction of sp³-hybridized carbons (Fsp3) is 0.400. The normalized spacial score (nSPS) is 13.6. The number of allylic oxidation sites excluding steroid dienone is 5. The minimum Gasteiger partial charge on any atom is -0.0955 e. The summed E-state index contributed by atoms with van der Waals surface area (Å²) in [5.41, 5.74) is 3.70. The molecule has 0 aromatic carbocycles. The third-order valence-electron chi connectivity index (χ3n) is 1.61. The van der Waals surface area contributed by atoms with E-state index in [4.69, 9.17) is 0 Å². The van der Waals surface area contributed by atoms with Crippen molar-refractivity contribution in [1.29, 1.82) is 0 Å². The topological polar surface area (TPSA) is 0 Å². The van der Waals surface area contributed by atoms with Gasteiger partial charge >= 0.3 is 0 Å². The molecular formula is C10H16. The van der Waals surface area contributed by atoms with Crippen LogP contribution in [0.5, 0.6) is 0 Å². The summed E-state index contributed by atoms with van der Waals surface area (Å²) in [6.07, 6.45) is 4.20. The van der Waals surface area contributed by atoms with E-state index in [1.165, 1.54) is 11.1 Å². The summed E-state index contributed by atoms with van der Waals surface area (Å²) in [5.74, 6) is 0. The summed E-state index contributed by atoms with van der Waals surface area (Å²) in [5, 5.41) is 0. The molecule has 0 heterocycles. The van der Waals surface area contributed by atoms with Gasteiger partial charge in [0.05, 0.1) is 0 Å². The van der Waals surface area contributed by atoms with Gasteiger partial charge in [-0.25, -0.2) is 0 Å². The van der Waals surface area contributed by atoms with Crippen LogP contribution in [0.1, 0.15) is 27.7 Å². The van der Waals surface area contributed by atoms with Gasteiger partial charge in [-0.2, -0.15) is 0 Å². The minimum atomic E-state index is 1.14. The monoisotopic (exact) mass is 136 g/mol. The average molecular weight is 136 g/mol. The van der Waals surface area contributed by atoms with Gasteiger partial charge in [0.25, 0.3) is 0 Å². The molecule has 0 nitrogen and oxygen atoms in total. The van der Waals surface area contributed by atoms with E-state index in [1.807, 2.05) is 20.8 Å². The number of hydrogen-bond donors (Lipinski definition) is 0. The smallest absolute Gasteiger partial charge is 0.0250 e. The third kappa shape index (κ3) is 2.22. The molecule has 0 spiro atoms. The molecule has 0 aromatic rings. The van der Waals surface area contributed by atoms with E-state index in [9.17, 15) is 0 Å². The molecule has 0 bridgehead atoms. The van der Waals surface area contributed by atoms with Crippen LogP contribution in [0.3, 0.4) is 0 Å². The number of hydrogen-bond acceptors (Lipinski definition) is 0. The quantitative estimate of drug-likeness (QED) is 0.510. The Morgan fingerprint density at radius 1 is 1.10 bits per heavy atom. The van der Waals surface area contributed by atoms with Crippen molar-refractivity contribution in [2.75, 3.05) is 0 Å². The molecule has 0 aliphatic carbocycles. The van der Waals surface area contributed by atoms with Crippen LogP contribution in [0.15, 0.2) is 35.5 Å². The molecule has 0 fully saturated rings. The van der Waals surface area contributed by atoms with Crippen molar-refractivity contribution in [2.24, 2.45) is 0 Å². The standard InChI is InChI=1S/C10H16/c1-6-9(5)10(7-2)8(3)4/h6-7H,3H2,1-2,4-5H3/b9-6+,10-7+. The van der Waals surface area contributed by atoms with Gasteiger partial charge in [-0.05, 0) is 38.8 Å². The largest absolute Gasteiger partial charge is 0.0955 e. The SMILES string of the molecule is C=C(C)C(=C\C)/C(C)=C/C. The highest BCUT2D eigenvalue weighted by Crippen LogP contribution is 2.16. The second-order valence-corrected chi connectivity index (χ2v) is 2.45. The molecule has 10 heavy (non-hydrogen) atoms. The molecule has 0 saturated heterocycles. The summed E-state index contributed by atoms with van der Waals surface area (Å²) in [6, 6.07) is 0. The van der Waals surface area contributed by atoms with E-state index in [2.05, 4.69) is 25.7 Å². The maximum absolute atomic E-state index is 3.89.